The summed E-state index contributed by atoms with van der Waals surface area (Å²) in [5.41, 5.74) is 3.00. The number of hydrogen-bond acceptors (Lipinski definition) is 6. The highest BCUT2D eigenvalue weighted by atomic mass is 32.2. The zero-order valence-electron chi connectivity index (χ0n) is 15.8. The van der Waals surface area contributed by atoms with Crippen LogP contribution >= 0.6 is 23.1 Å². The van der Waals surface area contributed by atoms with Crippen LogP contribution in [0.3, 0.4) is 0 Å². The van der Waals surface area contributed by atoms with Gasteiger partial charge in [0.2, 0.25) is 5.91 Å². The predicted octanol–water partition coefficient (Wildman–Crippen LogP) is 4.26. The Labute approximate surface area is 172 Å². The second kappa shape index (κ2) is 9.71. The number of nitrogens with one attached hydrogen (secondary N) is 1. The number of amides is 1. The third kappa shape index (κ3) is 5.56. The lowest BCUT2D eigenvalue weighted by Crippen LogP contribution is -2.31. The molecule has 1 amide bonds. The van der Waals surface area contributed by atoms with Crippen LogP contribution in [-0.2, 0) is 20.1 Å². The first-order valence-corrected chi connectivity index (χ1v) is 10.9. The first-order valence-electron chi connectivity index (χ1n) is 8.90. The number of rotatable bonds is 8. The number of thiazole rings is 1. The minimum atomic E-state index is -0.399. The summed E-state index contributed by atoms with van der Waals surface area (Å²) in [6.07, 6.45) is 0.105. The van der Waals surface area contributed by atoms with E-state index in [1.165, 1.54) is 18.9 Å². The molecule has 0 saturated heterocycles. The molecule has 1 N–H and O–H groups in total. The summed E-state index contributed by atoms with van der Waals surface area (Å²) in [4.78, 5) is 28.7. The molecule has 28 heavy (non-hydrogen) atoms. The molecule has 0 aliphatic rings. The summed E-state index contributed by atoms with van der Waals surface area (Å²) in [5, 5.41) is 3.96. The van der Waals surface area contributed by atoms with E-state index in [2.05, 4.69) is 10.3 Å². The number of para-hydroxylation sites is 1. The number of esters is 1. The molecule has 1 unspecified atom stereocenters. The third-order valence-electron chi connectivity index (χ3n) is 4.21. The Morgan fingerprint density at radius 1 is 1.18 bits per heavy atom. The van der Waals surface area contributed by atoms with Gasteiger partial charge in [-0.25, -0.2) is 4.98 Å². The molecule has 146 valence electrons. The molecule has 3 rings (SSSR count). The summed E-state index contributed by atoms with van der Waals surface area (Å²) in [6, 6.07) is 15.4. The van der Waals surface area contributed by atoms with E-state index >= 15 is 0 Å². The van der Waals surface area contributed by atoms with Crippen molar-refractivity contribution in [3.8, 4) is 0 Å². The molecule has 0 fully saturated rings. The number of carbonyl (C=O) groups excluding carboxylic acids is 2. The molecule has 1 aromatic heterocycles. The van der Waals surface area contributed by atoms with Crippen LogP contribution in [0, 0.1) is 6.92 Å². The van der Waals surface area contributed by atoms with Crippen LogP contribution in [0.5, 0.6) is 0 Å². The SMILES string of the molecule is COC(=O)CC(NC(=O)CSCc1nc2ccccc2s1)c1ccc(C)cc1. The Bertz CT molecular complexity index is 921. The molecule has 1 heterocycles. The molecule has 0 bridgehead atoms. The van der Waals surface area contributed by atoms with Crippen LogP contribution in [0.25, 0.3) is 10.2 Å². The van der Waals surface area contributed by atoms with E-state index in [4.69, 9.17) is 4.74 Å². The largest absolute Gasteiger partial charge is 0.469 e. The number of aryl methyl sites for hydroxylation is 1. The molecule has 0 aliphatic carbocycles. The van der Waals surface area contributed by atoms with Crippen LogP contribution in [-0.4, -0.2) is 29.7 Å². The maximum absolute atomic E-state index is 12.4. The van der Waals surface area contributed by atoms with Crippen molar-refractivity contribution >= 4 is 45.2 Å². The van der Waals surface area contributed by atoms with Crippen molar-refractivity contribution in [1.82, 2.24) is 10.3 Å². The summed E-state index contributed by atoms with van der Waals surface area (Å²) in [5.74, 6) is 0.520. The second-order valence-corrected chi connectivity index (χ2v) is 8.48. The molecule has 5 nitrogen and oxygen atoms in total. The lowest BCUT2D eigenvalue weighted by molar-refractivity contribution is -0.141. The highest BCUT2D eigenvalue weighted by molar-refractivity contribution is 7.99. The number of fused-ring (bicyclic) bond motifs is 1. The van der Waals surface area contributed by atoms with Crippen molar-refractivity contribution < 1.29 is 14.3 Å². The van der Waals surface area contributed by atoms with Crippen molar-refractivity contribution in [2.75, 3.05) is 12.9 Å². The summed E-state index contributed by atoms with van der Waals surface area (Å²) < 4.78 is 5.93. The fourth-order valence-corrected chi connectivity index (χ4v) is 4.61. The molecule has 0 radical (unpaired) electrons. The Hall–Kier alpha value is -2.38. The molecule has 0 saturated carbocycles. The maximum atomic E-state index is 12.4. The molecule has 3 aromatic rings. The molecule has 0 spiro atoms. The quantitative estimate of drug-likeness (QED) is 0.558. The fraction of sp³-hybridized carbons (Fsp3) is 0.286. The number of carbonyl (C=O) groups is 2. The zero-order valence-corrected chi connectivity index (χ0v) is 17.4. The van der Waals surface area contributed by atoms with E-state index in [0.29, 0.717) is 11.5 Å². The van der Waals surface area contributed by atoms with Crippen molar-refractivity contribution in [3.63, 3.8) is 0 Å². The van der Waals surface area contributed by atoms with E-state index in [1.54, 1.807) is 11.3 Å². The van der Waals surface area contributed by atoms with Gasteiger partial charge < -0.3 is 10.1 Å². The minimum absolute atomic E-state index is 0.105. The smallest absolute Gasteiger partial charge is 0.307 e. The third-order valence-corrected chi connectivity index (χ3v) is 6.37. The Kier molecular flexibility index (Phi) is 7.06. The molecule has 1 atom stereocenters. The van der Waals surface area contributed by atoms with Gasteiger partial charge in [-0.3, -0.25) is 9.59 Å². The minimum Gasteiger partial charge on any atom is -0.469 e. The monoisotopic (exact) mass is 414 g/mol. The first kappa shape index (κ1) is 20.4. The van der Waals surface area contributed by atoms with Crippen LogP contribution in [0.15, 0.2) is 48.5 Å². The number of ether oxygens (including phenoxy) is 1. The highest BCUT2D eigenvalue weighted by Crippen LogP contribution is 2.25. The van der Waals surface area contributed by atoms with Gasteiger partial charge in [-0.2, -0.15) is 0 Å². The highest BCUT2D eigenvalue weighted by Gasteiger charge is 2.19. The normalized spacial score (nSPS) is 11.9. The fourth-order valence-electron chi connectivity index (χ4n) is 2.75. The summed E-state index contributed by atoms with van der Waals surface area (Å²) in [7, 11) is 1.35. The van der Waals surface area contributed by atoms with Crippen molar-refractivity contribution in [3.05, 3.63) is 64.7 Å². The molecular weight excluding hydrogens is 392 g/mol. The Morgan fingerprint density at radius 3 is 2.64 bits per heavy atom. The van der Waals surface area contributed by atoms with Crippen molar-refractivity contribution in [2.45, 2.75) is 25.1 Å². The van der Waals surface area contributed by atoms with Crippen molar-refractivity contribution in [2.24, 2.45) is 0 Å². The molecule has 2 aromatic carbocycles. The van der Waals surface area contributed by atoms with E-state index in [-0.39, 0.29) is 18.3 Å². The molecule has 0 aliphatic heterocycles. The van der Waals surface area contributed by atoms with Gasteiger partial charge in [0.1, 0.15) is 5.01 Å². The van der Waals surface area contributed by atoms with Crippen LogP contribution < -0.4 is 5.32 Å². The Balaban J connectivity index is 1.56. The van der Waals surface area contributed by atoms with Gasteiger partial charge in [0.05, 0.1) is 35.5 Å². The van der Waals surface area contributed by atoms with Gasteiger partial charge in [0.15, 0.2) is 0 Å². The number of nitrogens with zero attached hydrogens (tertiary/aromatic N) is 1. The van der Waals surface area contributed by atoms with Crippen molar-refractivity contribution in [1.29, 1.82) is 0 Å². The van der Waals surface area contributed by atoms with E-state index < -0.39 is 6.04 Å². The first-order chi connectivity index (χ1) is 13.5. The van der Waals surface area contributed by atoms with E-state index in [0.717, 1.165) is 26.4 Å². The number of thioether (sulfide) groups is 1. The molecular formula is C21H22N2O3S2. The average Bonchev–Trinajstić information content (AvgIpc) is 3.10. The van der Waals surface area contributed by atoms with Crippen LogP contribution in [0.2, 0.25) is 0 Å². The van der Waals surface area contributed by atoms with Gasteiger partial charge in [0, 0.05) is 5.75 Å². The topological polar surface area (TPSA) is 68.3 Å². The van der Waals surface area contributed by atoms with Crippen LogP contribution in [0.1, 0.15) is 28.6 Å². The number of hydrogen-bond donors (Lipinski definition) is 1. The number of methoxy groups -OCH3 is 1. The second-order valence-electron chi connectivity index (χ2n) is 6.38. The lowest BCUT2D eigenvalue weighted by Gasteiger charge is -2.18. The number of aromatic nitrogens is 1. The van der Waals surface area contributed by atoms with E-state index in [1.807, 2.05) is 55.5 Å². The summed E-state index contributed by atoms with van der Waals surface area (Å²) in [6.45, 7) is 2.00. The van der Waals surface area contributed by atoms with E-state index in [9.17, 15) is 9.59 Å². The lowest BCUT2D eigenvalue weighted by atomic mass is 10.0. The van der Waals surface area contributed by atoms with Gasteiger partial charge in [-0.15, -0.1) is 23.1 Å². The van der Waals surface area contributed by atoms with Gasteiger partial charge >= 0.3 is 5.97 Å². The predicted molar refractivity (Wildman–Crippen MR) is 114 cm³/mol. The standard InChI is InChI=1S/C21H22N2O3S2/c1-14-7-9-15(10-8-14)17(11-21(25)26-2)22-19(24)12-27-13-20-23-16-5-3-4-6-18(16)28-20/h3-10,17H,11-13H2,1-2H3,(H,22,24). The van der Waals surface area contributed by atoms with Gasteiger partial charge in [0.25, 0.3) is 0 Å². The van der Waals surface area contributed by atoms with Crippen LogP contribution in [0.4, 0.5) is 0 Å². The maximum Gasteiger partial charge on any atom is 0.307 e. The van der Waals surface area contributed by atoms with Gasteiger partial charge in [-0.05, 0) is 24.6 Å². The number of benzene rings is 2. The summed E-state index contributed by atoms with van der Waals surface area (Å²) >= 11 is 3.16. The Morgan fingerprint density at radius 2 is 1.93 bits per heavy atom. The average molecular weight is 415 g/mol. The zero-order chi connectivity index (χ0) is 19.9. The van der Waals surface area contributed by atoms with Gasteiger partial charge in [-0.1, -0.05) is 42.0 Å². The molecule has 7 heteroatoms.